The molecule has 1 aromatic rings. The predicted octanol–water partition coefficient (Wildman–Crippen LogP) is 1.08. The fourth-order valence-electron chi connectivity index (χ4n) is 1.60. The standard InChI is InChI=1S/C7H5N/c1-4-2-8-3-6-5(1)7(4)6/h2-3,5H,1H2. The van der Waals surface area contributed by atoms with Gasteiger partial charge in [0.2, 0.25) is 0 Å². The zero-order valence-electron chi connectivity index (χ0n) is 4.39. The molecule has 0 saturated heterocycles. The SMILES string of the molecule is c1ncc2c3c1CC23. The minimum atomic E-state index is 0.868. The van der Waals surface area contributed by atoms with Crippen molar-refractivity contribution in [2.24, 2.45) is 0 Å². The van der Waals surface area contributed by atoms with Gasteiger partial charge in [-0.3, -0.25) is 4.98 Å². The quantitative estimate of drug-likeness (QED) is 0.479. The van der Waals surface area contributed by atoms with Crippen LogP contribution < -0.4 is 0 Å². The summed E-state index contributed by atoms with van der Waals surface area (Å²) in [7, 11) is 0. The van der Waals surface area contributed by atoms with Crippen molar-refractivity contribution in [2.45, 2.75) is 12.3 Å². The third-order valence-electron chi connectivity index (χ3n) is 2.17. The summed E-state index contributed by atoms with van der Waals surface area (Å²) < 4.78 is 0. The van der Waals surface area contributed by atoms with Crippen LogP contribution in [0.1, 0.15) is 22.6 Å². The van der Waals surface area contributed by atoms with Crippen molar-refractivity contribution in [3.05, 3.63) is 29.1 Å². The molecular formula is C7H5N. The molecule has 0 bridgehead atoms. The van der Waals surface area contributed by atoms with Crippen molar-refractivity contribution in [2.75, 3.05) is 0 Å². The first-order valence-electron chi connectivity index (χ1n) is 2.93. The summed E-state index contributed by atoms with van der Waals surface area (Å²) in [4.78, 5) is 4.08. The molecule has 0 radical (unpaired) electrons. The third-order valence-corrected chi connectivity index (χ3v) is 2.17. The highest BCUT2D eigenvalue weighted by Crippen LogP contribution is 2.55. The molecule has 1 unspecified atom stereocenters. The molecule has 1 heteroatoms. The van der Waals surface area contributed by atoms with Crippen molar-refractivity contribution < 1.29 is 0 Å². The summed E-state index contributed by atoms with van der Waals surface area (Å²) in [5.74, 6) is 0.868. The fraction of sp³-hybridized carbons (Fsp3) is 0.286. The Labute approximate surface area is 47.4 Å². The Bertz CT molecular complexity index is 265. The van der Waals surface area contributed by atoms with Crippen molar-refractivity contribution in [1.82, 2.24) is 4.98 Å². The maximum absolute atomic E-state index is 4.08. The highest BCUT2D eigenvalue weighted by molar-refractivity contribution is 5.63. The normalized spacial score (nSPS) is 26.2. The summed E-state index contributed by atoms with van der Waals surface area (Å²) in [6.45, 7) is 0. The number of rotatable bonds is 0. The van der Waals surface area contributed by atoms with E-state index in [1.54, 1.807) is 5.56 Å². The summed E-state index contributed by atoms with van der Waals surface area (Å²) in [6, 6.07) is 0. The second kappa shape index (κ2) is 0.711. The van der Waals surface area contributed by atoms with Crippen molar-refractivity contribution in [3.8, 4) is 0 Å². The van der Waals surface area contributed by atoms with Crippen LogP contribution in [-0.2, 0) is 6.42 Å². The van der Waals surface area contributed by atoms with Crippen molar-refractivity contribution in [1.29, 1.82) is 0 Å². The fourth-order valence-corrected chi connectivity index (χ4v) is 1.60. The first-order chi connectivity index (χ1) is 3.97. The number of pyridine rings is 1. The lowest BCUT2D eigenvalue weighted by atomic mass is 10.00. The largest absolute Gasteiger partial charge is 0.264 e. The minimum Gasteiger partial charge on any atom is -0.264 e. The van der Waals surface area contributed by atoms with E-state index in [1.807, 2.05) is 12.4 Å². The molecule has 2 aliphatic rings. The van der Waals surface area contributed by atoms with Gasteiger partial charge >= 0.3 is 0 Å². The van der Waals surface area contributed by atoms with Crippen LogP contribution in [0.25, 0.3) is 0 Å². The molecule has 1 heterocycles. The van der Waals surface area contributed by atoms with Crippen molar-refractivity contribution in [3.63, 3.8) is 0 Å². The minimum absolute atomic E-state index is 0.868. The average Bonchev–Trinajstić information content (AvgIpc) is 2.33. The van der Waals surface area contributed by atoms with E-state index in [-0.39, 0.29) is 0 Å². The smallest absolute Gasteiger partial charge is 0.0309 e. The molecule has 0 aliphatic heterocycles. The Hall–Kier alpha value is -0.850. The van der Waals surface area contributed by atoms with Crippen LogP contribution in [0, 0.1) is 0 Å². The highest BCUT2D eigenvalue weighted by Gasteiger charge is 2.44. The van der Waals surface area contributed by atoms with E-state index in [0.29, 0.717) is 0 Å². The van der Waals surface area contributed by atoms with E-state index in [0.717, 1.165) is 5.92 Å². The third kappa shape index (κ3) is 0.166. The van der Waals surface area contributed by atoms with Gasteiger partial charge in [0.05, 0.1) is 0 Å². The number of fused-ring (bicyclic) bond motifs is 1. The molecule has 0 amide bonds. The van der Waals surface area contributed by atoms with Crippen LogP contribution in [0.3, 0.4) is 0 Å². The molecule has 1 nitrogen and oxygen atoms in total. The van der Waals surface area contributed by atoms with E-state index in [9.17, 15) is 0 Å². The maximum Gasteiger partial charge on any atom is 0.0309 e. The van der Waals surface area contributed by atoms with Gasteiger partial charge < -0.3 is 0 Å². The maximum atomic E-state index is 4.08. The molecule has 1 atom stereocenters. The summed E-state index contributed by atoms with van der Waals surface area (Å²) in [6.07, 6.45) is 5.27. The van der Waals surface area contributed by atoms with Gasteiger partial charge in [0.1, 0.15) is 0 Å². The molecule has 0 saturated carbocycles. The van der Waals surface area contributed by atoms with Crippen LogP contribution in [0.2, 0.25) is 0 Å². The average molecular weight is 103 g/mol. The van der Waals surface area contributed by atoms with Gasteiger partial charge in [0.25, 0.3) is 0 Å². The topological polar surface area (TPSA) is 12.9 Å². The first-order valence-corrected chi connectivity index (χ1v) is 2.93. The molecule has 0 spiro atoms. The lowest BCUT2D eigenvalue weighted by Gasteiger charge is -2.04. The Balaban J connectivity index is 2.54. The molecule has 38 valence electrons. The van der Waals surface area contributed by atoms with Gasteiger partial charge in [0, 0.05) is 18.3 Å². The van der Waals surface area contributed by atoms with Crippen LogP contribution in [0.15, 0.2) is 12.4 Å². The molecule has 0 N–H and O–H groups in total. The highest BCUT2D eigenvalue weighted by atomic mass is 14.7. The van der Waals surface area contributed by atoms with Crippen LogP contribution >= 0.6 is 0 Å². The number of nitrogens with zero attached hydrogens (tertiary/aromatic N) is 1. The monoisotopic (exact) mass is 103 g/mol. The van der Waals surface area contributed by atoms with Gasteiger partial charge in [-0.05, 0) is 23.1 Å². The number of hydrogen-bond acceptors (Lipinski definition) is 1. The first kappa shape index (κ1) is 3.23. The van der Waals surface area contributed by atoms with Gasteiger partial charge in [-0.25, -0.2) is 0 Å². The second-order valence-electron chi connectivity index (χ2n) is 2.56. The Morgan fingerprint density at radius 2 is 2.50 bits per heavy atom. The van der Waals surface area contributed by atoms with E-state index in [2.05, 4.69) is 4.98 Å². The second-order valence-corrected chi connectivity index (χ2v) is 2.56. The number of aromatic nitrogens is 1. The summed E-state index contributed by atoms with van der Waals surface area (Å²) >= 11 is 0. The lowest BCUT2D eigenvalue weighted by molar-refractivity contribution is 0.869. The molecular weight excluding hydrogens is 98.1 g/mol. The van der Waals surface area contributed by atoms with Gasteiger partial charge in [0.15, 0.2) is 0 Å². The predicted molar refractivity (Wildman–Crippen MR) is 29.8 cm³/mol. The van der Waals surface area contributed by atoms with E-state index in [1.165, 1.54) is 17.5 Å². The molecule has 2 aliphatic carbocycles. The molecule has 0 fully saturated rings. The van der Waals surface area contributed by atoms with E-state index < -0.39 is 0 Å². The zero-order valence-corrected chi connectivity index (χ0v) is 4.39. The molecule has 0 aromatic carbocycles. The van der Waals surface area contributed by atoms with Gasteiger partial charge in [-0.2, -0.15) is 0 Å². The molecule has 1 aromatic heterocycles. The van der Waals surface area contributed by atoms with Crippen LogP contribution in [0.5, 0.6) is 0 Å². The summed E-state index contributed by atoms with van der Waals surface area (Å²) in [5.41, 5.74) is 4.62. The zero-order chi connectivity index (χ0) is 5.14. The van der Waals surface area contributed by atoms with Gasteiger partial charge in [-0.1, -0.05) is 0 Å². The Morgan fingerprint density at radius 3 is 3.25 bits per heavy atom. The van der Waals surface area contributed by atoms with Crippen LogP contribution in [0.4, 0.5) is 0 Å². The molecule has 8 heavy (non-hydrogen) atoms. The van der Waals surface area contributed by atoms with E-state index in [4.69, 9.17) is 0 Å². The van der Waals surface area contributed by atoms with E-state index >= 15 is 0 Å². The Morgan fingerprint density at radius 1 is 1.50 bits per heavy atom. The Kier molecular flexibility index (Phi) is 0.287. The molecule has 3 rings (SSSR count). The lowest BCUT2D eigenvalue weighted by Crippen LogP contribution is -1.94. The van der Waals surface area contributed by atoms with Crippen molar-refractivity contribution >= 4 is 0 Å². The van der Waals surface area contributed by atoms with Crippen LogP contribution in [-0.4, -0.2) is 4.98 Å². The van der Waals surface area contributed by atoms with Gasteiger partial charge in [-0.15, -0.1) is 0 Å². The number of hydrogen-bond donors (Lipinski definition) is 0. The summed E-state index contributed by atoms with van der Waals surface area (Å²) in [5, 5.41) is 0.